The highest BCUT2D eigenvalue weighted by molar-refractivity contribution is 8.00. The minimum atomic E-state index is -0.886. The molecule has 1 atom stereocenters. The van der Waals surface area contributed by atoms with Crippen molar-refractivity contribution in [1.29, 1.82) is 0 Å². The van der Waals surface area contributed by atoms with Crippen molar-refractivity contribution in [2.24, 2.45) is 0 Å². The molecule has 5 nitrogen and oxygen atoms in total. The van der Waals surface area contributed by atoms with Crippen LogP contribution in [-0.2, 0) is 4.79 Å². The fraction of sp³-hybridized carbons (Fsp3) is 0.300. The number of carboxylic acids is 1. The number of nitrogens with one attached hydrogen (secondary N) is 1. The Kier molecular flexibility index (Phi) is 4.30. The maximum Gasteiger partial charge on any atom is 0.316 e. The van der Waals surface area contributed by atoms with E-state index in [1.54, 1.807) is 19.1 Å². The van der Waals surface area contributed by atoms with E-state index in [-0.39, 0.29) is 11.6 Å². The number of hydrogen-bond acceptors (Lipinski definition) is 4. The summed E-state index contributed by atoms with van der Waals surface area (Å²) in [4.78, 5) is 26.6. The molecule has 0 saturated carbocycles. The maximum absolute atomic E-state index is 11.3. The van der Waals surface area contributed by atoms with Crippen LogP contribution < -0.4 is 5.32 Å². The van der Waals surface area contributed by atoms with Gasteiger partial charge in [-0.3, -0.25) is 14.6 Å². The summed E-state index contributed by atoms with van der Waals surface area (Å²) in [7, 11) is 1.52. The lowest BCUT2D eigenvalue weighted by Gasteiger charge is -2.06. The van der Waals surface area contributed by atoms with Crippen molar-refractivity contribution < 1.29 is 14.7 Å². The Morgan fingerprint density at radius 1 is 1.56 bits per heavy atom. The Hall–Kier alpha value is -1.56. The van der Waals surface area contributed by atoms with Gasteiger partial charge in [0.1, 0.15) is 10.9 Å². The van der Waals surface area contributed by atoms with E-state index in [0.29, 0.717) is 4.90 Å². The molecule has 0 aliphatic rings. The van der Waals surface area contributed by atoms with Crippen LogP contribution in [0.25, 0.3) is 0 Å². The van der Waals surface area contributed by atoms with E-state index in [2.05, 4.69) is 10.3 Å². The summed E-state index contributed by atoms with van der Waals surface area (Å²) in [5.74, 6) is -1.17. The maximum atomic E-state index is 11.3. The fourth-order valence-corrected chi connectivity index (χ4v) is 1.82. The van der Waals surface area contributed by atoms with E-state index in [4.69, 9.17) is 5.11 Å². The molecule has 86 valence electrons. The number of rotatable bonds is 4. The molecule has 0 aliphatic carbocycles. The van der Waals surface area contributed by atoms with Crippen LogP contribution in [-0.4, -0.2) is 34.3 Å². The number of carbonyl (C=O) groups excluding carboxylic acids is 1. The van der Waals surface area contributed by atoms with Crippen LogP contribution in [0.5, 0.6) is 0 Å². The van der Waals surface area contributed by atoms with Crippen LogP contribution >= 0.6 is 11.8 Å². The normalized spacial score (nSPS) is 11.9. The van der Waals surface area contributed by atoms with Crippen molar-refractivity contribution in [3.8, 4) is 0 Å². The first-order valence-corrected chi connectivity index (χ1v) is 5.50. The van der Waals surface area contributed by atoms with E-state index in [1.165, 1.54) is 25.0 Å². The SMILES string of the molecule is CNC(=O)c1cc(SC(C)C(=O)O)ccn1. The predicted octanol–water partition coefficient (Wildman–Crippen LogP) is 1.01. The Morgan fingerprint density at radius 2 is 2.25 bits per heavy atom. The molecule has 1 rings (SSSR count). The number of carboxylic acid groups (broad SMARTS) is 1. The van der Waals surface area contributed by atoms with Gasteiger partial charge in [-0.1, -0.05) is 0 Å². The molecule has 1 aromatic rings. The molecule has 0 bridgehead atoms. The topological polar surface area (TPSA) is 79.3 Å². The van der Waals surface area contributed by atoms with E-state index >= 15 is 0 Å². The highest BCUT2D eigenvalue weighted by atomic mass is 32.2. The van der Waals surface area contributed by atoms with Crippen LogP contribution in [0.15, 0.2) is 23.2 Å². The number of nitrogens with zero attached hydrogens (tertiary/aromatic N) is 1. The molecule has 1 unspecified atom stereocenters. The molecule has 0 aromatic carbocycles. The van der Waals surface area contributed by atoms with Crippen molar-refractivity contribution in [2.75, 3.05) is 7.05 Å². The van der Waals surface area contributed by atoms with Crippen molar-refractivity contribution in [3.63, 3.8) is 0 Å². The molecule has 0 fully saturated rings. The number of amides is 1. The Balaban J connectivity index is 2.82. The lowest BCUT2D eigenvalue weighted by molar-refractivity contribution is -0.136. The molecule has 6 heteroatoms. The number of aliphatic carboxylic acids is 1. The zero-order valence-corrected chi connectivity index (χ0v) is 9.75. The van der Waals surface area contributed by atoms with Crippen LogP contribution in [0.2, 0.25) is 0 Å². The summed E-state index contributed by atoms with van der Waals surface area (Å²) in [6.45, 7) is 1.59. The minimum absolute atomic E-state index is 0.282. The van der Waals surface area contributed by atoms with Gasteiger partial charge in [0, 0.05) is 18.1 Å². The van der Waals surface area contributed by atoms with Gasteiger partial charge in [-0.2, -0.15) is 0 Å². The van der Waals surface area contributed by atoms with Gasteiger partial charge in [-0.05, 0) is 19.1 Å². The zero-order chi connectivity index (χ0) is 12.1. The van der Waals surface area contributed by atoms with Crippen LogP contribution in [0.1, 0.15) is 17.4 Å². The second kappa shape index (κ2) is 5.50. The summed E-state index contributed by atoms with van der Waals surface area (Å²) in [5, 5.41) is 10.7. The van der Waals surface area contributed by atoms with Crippen LogP contribution in [0.4, 0.5) is 0 Å². The van der Waals surface area contributed by atoms with Gasteiger partial charge < -0.3 is 10.4 Å². The van der Waals surface area contributed by atoms with Crippen LogP contribution in [0.3, 0.4) is 0 Å². The summed E-state index contributed by atoms with van der Waals surface area (Å²) in [5.41, 5.74) is 0.282. The molecule has 0 spiro atoms. The third-order valence-corrected chi connectivity index (χ3v) is 2.93. The van der Waals surface area contributed by atoms with Gasteiger partial charge in [0.05, 0.1) is 0 Å². The Labute approximate surface area is 97.3 Å². The quantitative estimate of drug-likeness (QED) is 0.768. The van der Waals surface area contributed by atoms with E-state index in [1.807, 2.05) is 0 Å². The summed E-state index contributed by atoms with van der Waals surface area (Å²) < 4.78 is 0. The van der Waals surface area contributed by atoms with Gasteiger partial charge in [-0.15, -0.1) is 11.8 Å². The highest BCUT2D eigenvalue weighted by Crippen LogP contribution is 2.23. The first-order valence-electron chi connectivity index (χ1n) is 4.62. The Bertz CT molecular complexity index is 409. The van der Waals surface area contributed by atoms with Crippen molar-refractivity contribution in [2.45, 2.75) is 17.1 Å². The smallest absolute Gasteiger partial charge is 0.316 e. The number of aromatic nitrogens is 1. The first kappa shape index (κ1) is 12.5. The van der Waals surface area contributed by atoms with E-state index < -0.39 is 11.2 Å². The van der Waals surface area contributed by atoms with Crippen molar-refractivity contribution >= 4 is 23.6 Å². The van der Waals surface area contributed by atoms with Gasteiger partial charge in [0.15, 0.2) is 0 Å². The Morgan fingerprint density at radius 3 is 2.81 bits per heavy atom. The average molecular weight is 240 g/mol. The summed E-state index contributed by atoms with van der Waals surface area (Å²) >= 11 is 1.17. The lowest BCUT2D eigenvalue weighted by Crippen LogP contribution is -2.19. The monoisotopic (exact) mass is 240 g/mol. The number of pyridine rings is 1. The summed E-state index contributed by atoms with van der Waals surface area (Å²) in [6.07, 6.45) is 1.49. The largest absolute Gasteiger partial charge is 0.480 e. The van der Waals surface area contributed by atoms with Crippen molar-refractivity contribution in [3.05, 3.63) is 24.0 Å². The molecular weight excluding hydrogens is 228 g/mol. The van der Waals surface area contributed by atoms with Gasteiger partial charge in [-0.25, -0.2) is 0 Å². The minimum Gasteiger partial charge on any atom is -0.480 e. The summed E-state index contributed by atoms with van der Waals surface area (Å²) in [6, 6.07) is 3.25. The molecule has 0 aliphatic heterocycles. The van der Waals surface area contributed by atoms with Gasteiger partial charge in [0.25, 0.3) is 5.91 Å². The third-order valence-electron chi connectivity index (χ3n) is 1.85. The molecule has 2 N–H and O–H groups in total. The molecule has 0 radical (unpaired) electrons. The number of hydrogen-bond donors (Lipinski definition) is 2. The van der Waals surface area contributed by atoms with Gasteiger partial charge >= 0.3 is 5.97 Å². The second-order valence-corrected chi connectivity index (χ2v) is 4.47. The molecule has 0 saturated heterocycles. The zero-order valence-electron chi connectivity index (χ0n) is 8.93. The number of carbonyl (C=O) groups is 2. The second-order valence-electron chi connectivity index (χ2n) is 3.05. The lowest BCUT2D eigenvalue weighted by atomic mass is 10.3. The standard InChI is InChI=1S/C10H12N2O3S/c1-6(10(14)15)16-7-3-4-12-8(5-7)9(13)11-2/h3-6H,1-2H3,(H,11,13)(H,14,15). The van der Waals surface area contributed by atoms with Crippen LogP contribution in [0, 0.1) is 0 Å². The molecule has 16 heavy (non-hydrogen) atoms. The average Bonchev–Trinajstić information content (AvgIpc) is 2.28. The highest BCUT2D eigenvalue weighted by Gasteiger charge is 2.13. The molecule has 1 heterocycles. The van der Waals surface area contributed by atoms with Gasteiger partial charge in [0.2, 0.25) is 0 Å². The first-order chi connectivity index (χ1) is 7.54. The van der Waals surface area contributed by atoms with E-state index in [9.17, 15) is 9.59 Å². The molecule has 1 aromatic heterocycles. The molecule has 1 amide bonds. The fourth-order valence-electron chi connectivity index (χ4n) is 0.991. The predicted molar refractivity (Wildman–Crippen MR) is 60.6 cm³/mol. The third kappa shape index (κ3) is 3.23. The molecular formula is C10H12N2O3S. The van der Waals surface area contributed by atoms with E-state index in [0.717, 1.165) is 0 Å². The number of thioether (sulfide) groups is 1. The van der Waals surface area contributed by atoms with Crippen molar-refractivity contribution in [1.82, 2.24) is 10.3 Å².